The number of esters is 2. The summed E-state index contributed by atoms with van der Waals surface area (Å²) in [4.78, 5) is 35.6. The lowest BCUT2D eigenvalue weighted by Crippen LogP contribution is -2.56. The minimum Gasteiger partial charge on any atom is -0.462 e. The molecule has 0 unspecified atom stereocenters. The number of ether oxygens (including phenoxy) is 2. The average molecular weight is 391 g/mol. The molecule has 0 radical (unpaired) electrons. The number of Topliss-reactive ketones (excluding diaryl/α,β-unsaturated/α-hetero) is 1. The highest BCUT2D eigenvalue weighted by molar-refractivity contribution is 5.86. The molecule has 4 fully saturated rings. The van der Waals surface area contributed by atoms with Gasteiger partial charge >= 0.3 is 11.9 Å². The van der Waals surface area contributed by atoms with E-state index in [2.05, 4.69) is 13.8 Å². The van der Waals surface area contributed by atoms with Gasteiger partial charge in [0.25, 0.3) is 0 Å². The Morgan fingerprint density at radius 2 is 1.57 bits per heavy atom. The first kappa shape index (κ1) is 19.9. The largest absolute Gasteiger partial charge is 0.462 e. The second-order valence-corrected chi connectivity index (χ2v) is 10.3. The Morgan fingerprint density at radius 3 is 2.25 bits per heavy atom. The second kappa shape index (κ2) is 6.84. The van der Waals surface area contributed by atoms with Crippen LogP contribution in [0.1, 0.15) is 79.1 Å². The van der Waals surface area contributed by atoms with Crippen molar-refractivity contribution in [2.75, 3.05) is 0 Å². The molecule has 0 aliphatic heterocycles. The van der Waals surface area contributed by atoms with Gasteiger partial charge in [-0.15, -0.1) is 0 Å². The topological polar surface area (TPSA) is 69.7 Å². The van der Waals surface area contributed by atoms with Gasteiger partial charge in [-0.25, -0.2) is 0 Å². The first-order chi connectivity index (χ1) is 13.1. The molecular weight excluding hydrogens is 356 g/mol. The van der Waals surface area contributed by atoms with Gasteiger partial charge in [0.15, 0.2) is 11.9 Å². The Hall–Kier alpha value is -1.39. The maximum atomic E-state index is 12.5. The van der Waals surface area contributed by atoms with Crippen molar-refractivity contribution in [3.05, 3.63) is 0 Å². The monoisotopic (exact) mass is 390 g/mol. The lowest BCUT2D eigenvalue weighted by molar-refractivity contribution is -0.175. The highest BCUT2D eigenvalue weighted by Gasteiger charge is 2.62. The van der Waals surface area contributed by atoms with Crippen LogP contribution in [-0.4, -0.2) is 29.9 Å². The summed E-state index contributed by atoms with van der Waals surface area (Å²) in [6.45, 7) is 7.58. The van der Waals surface area contributed by atoms with Gasteiger partial charge in [0.2, 0.25) is 0 Å². The molecule has 28 heavy (non-hydrogen) atoms. The van der Waals surface area contributed by atoms with Crippen molar-refractivity contribution >= 4 is 17.7 Å². The van der Waals surface area contributed by atoms with E-state index in [-0.39, 0.29) is 34.7 Å². The van der Waals surface area contributed by atoms with Crippen molar-refractivity contribution in [3.63, 3.8) is 0 Å². The fourth-order valence-electron chi connectivity index (χ4n) is 7.73. The van der Waals surface area contributed by atoms with Crippen LogP contribution in [0.4, 0.5) is 0 Å². The SMILES string of the molecule is CC(=O)O[C@H]1CC[C@@H]2[C@H]3CC[C@H]4CC(=O)[C@H](OC(C)=O)C[C@]4(C)[C@@H]3CC[C@]12C. The molecule has 5 heteroatoms. The van der Waals surface area contributed by atoms with Crippen molar-refractivity contribution in [2.45, 2.75) is 91.3 Å². The smallest absolute Gasteiger partial charge is 0.303 e. The summed E-state index contributed by atoms with van der Waals surface area (Å²) >= 11 is 0. The highest BCUT2D eigenvalue weighted by atomic mass is 16.5. The molecule has 4 aliphatic rings. The molecule has 0 N–H and O–H groups in total. The molecule has 0 spiro atoms. The third-order valence-corrected chi connectivity index (χ3v) is 9.03. The first-order valence-electron chi connectivity index (χ1n) is 11.0. The Kier molecular flexibility index (Phi) is 4.86. The van der Waals surface area contributed by atoms with Crippen LogP contribution in [-0.2, 0) is 23.9 Å². The van der Waals surface area contributed by atoms with E-state index in [9.17, 15) is 14.4 Å². The van der Waals surface area contributed by atoms with E-state index in [0.717, 1.165) is 32.1 Å². The average Bonchev–Trinajstić information content (AvgIpc) is 2.92. The molecule has 0 bridgehead atoms. The zero-order chi connectivity index (χ0) is 20.3. The van der Waals surface area contributed by atoms with Crippen molar-refractivity contribution in [2.24, 2.45) is 34.5 Å². The van der Waals surface area contributed by atoms with Gasteiger partial charge in [0, 0.05) is 25.7 Å². The summed E-state index contributed by atoms with van der Waals surface area (Å²) in [5.41, 5.74) is 0.133. The molecule has 0 heterocycles. The summed E-state index contributed by atoms with van der Waals surface area (Å²) in [6, 6.07) is 0. The van der Waals surface area contributed by atoms with Gasteiger partial charge in [-0.1, -0.05) is 13.8 Å². The maximum Gasteiger partial charge on any atom is 0.303 e. The number of hydrogen-bond donors (Lipinski definition) is 0. The Morgan fingerprint density at radius 1 is 0.893 bits per heavy atom. The molecule has 0 aromatic rings. The third-order valence-electron chi connectivity index (χ3n) is 9.03. The van der Waals surface area contributed by atoms with Gasteiger partial charge in [-0.3, -0.25) is 14.4 Å². The normalized spacial score (nSPS) is 47.5. The van der Waals surface area contributed by atoms with Crippen LogP contribution < -0.4 is 0 Å². The molecule has 156 valence electrons. The lowest BCUT2D eigenvalue weighted by Gasteiger charge is -2.60. The maximum absolute atomic E-state index is 12.5. The Balaban J connectivity index is 1.58. The Bertz CT molecular complexity index is 686. The van der Waals surface area contributed by atoms with Crippen molar-refractivity contribution < 1.29 is 23.9 Å². The fourth-order valence-corrected chi connectivity index (χ4v) is 7.73. The van der Waals surface area contributed by atoms with E-state index in [1.54, 1.807) is 0 Å². The molecule has 4 saturated carbocycles. The van der Waals surface area contributed by atoms with E-state index < -0.39 is 6.10 Å². The van der Waals surface area contributed by atoms with E-state index in [1.165, 1.54) is 20.3 Å². The fraction of sp³-hybridized carbons (Fsp3) is 0.870. The summed E-state index contributed by atoms with van der Waals surface area (Å²) in [5.74, 6) is 1.75. The number of rotatable bonds is 2. The third kappa shape index (κ3) is 3.00. The van der Waals surface area contributed by atoms with Crippen molar-refractivity contribution in [3.8, 4) is 0 Å². The minimum absolute atomic E-state index is 0.0446. The minimum atomic E-state index is -0.566. The van der Waals surface area contributed by atoms with Crippen LogP contribution in [0.5, 0.6) is 0 Å². The molecule has 0 saturated heterocycles. The lowest BCUT2D eigenvalue weighted by atomic mass is 9.45. The predicted octanol–water partition coefficient (Wildman–Crippen LogP) is 4.07. The number of fused-ring (bicyclic) bond motifs is 5. The summed E-state index contributed by atoms with van der Waals surface area (Å²) in [5, 5.41) is 0. The molecule has 0 amide bonds. The van der Waals surface area contributed by atoms with Crippen LogP contribution in [0, 0.1) is 34.5 Å². The number of carbonyl (C=O) groups is 3. The first-order valence-corrected chi connectivity index (χ1v) is 11.0. The van der Waals surface area contributed by atoms with Gasteiger partial charge in [0.1, 0.15) is 6.10 Å². The van der Waals surface area contributed by atoms with E-state index in [0.29, 0.717) is 36.5 Å². The van der Waals surface area contributed by atoms with Crippen LogP contribution in [0.15, 0.2) is 0 Å². The summed E-state index contributed by atoms with van der Waals surface area (Å²) in [7, 11) is 0. The molecular formula is C23H34O5. The van der Waals surface area contributed by atoms with Crippen LogP contribution in [0.3, 0.4) is 0 Å². The van der Waals surface area contributed by atoms with Crippen molar-refractivity contribution in [1.29, 1.82) is 0 Å². The van der Waals surface area contributed by atoms with Gasteiger partial charge in [0.05, 0.1) is 0 Å². The highest BCUT2D eigenvalue weighted by Crippen LogP contribution is 2.66. The predicted molar refractivity (Wildman–Crippen MR) is 103 cm³/mol. The molecule has 4 aliphatic carbocycles. The zero-order valence-electron chi connectivity index (χ0n) is 17.7. The molecule has 0 aromatic heterocycles. The van der Waals surface area contributed by atoms with Gasteiger partial charge in [-0.2, -0.15) is 0 Å². The van der Waals surface area contributed by atoms with E-state index >= 15 is 0 Å². The van der Waals surface area contributed by atoms with Gasteiger partial charge in [-0.05, 0) is 74.0 Å². The number of carbonyl (C=O) groups excluding carboxylic acids is 3. The molecule has 4 rings (SSSR count). The van der Waals surface area contributed by atoms with Crippen LogP contribution in [0.2, 0.25) is 0 Å². The van der Waals surface area contributed by atoms with Crippen LogP contribution >= 0.6 is 0 Å². The Labute approximate surface area is 167 Å². The zero-order valence-corrected chi connectivity index (χ0v) is 17.7. The second-order valence-electron chi connectivity index (χ2n) is 10.3. The number of hydrogen-bond acceptors (Lipinski definition) is 5. The number of ketones is 1. The van der Waals surface area contributed by atoms with E-state index in [1.807, 2.05) is 0 Å². The van der Waals surface area contributed by atoms with Gasteiger partial charge < -0.3 is 9.47 Å². The molecule has 8 atom stereocenters. The van der Waals surface area contributed by atoms with Crippen LogP contribution in [0.25, 0.3) is 0 Å². The van der Waals surface area contributed by atoms with E-state index in [4.69, 9.17) is 9.47 Å². The standard InChI is InChI=1S/C23H34O5/c1-13(24)27-20-12-23(4)15(11-19(20)26)5-6-16-17-7-8-21(28-14(2)25)22(17,3)10-9-18(16)23/h15-18,20-21H,5-12H2,1-4H3/t15-,16+,17+,18+,20+,21-,22-,23-/m0/s1. The summed E-state index contributed by atoms with van der Waals surface area (Å²) < 4.78 is 11.1. The van der Waals surface area contributed by atoms with Crippen molar-refractivity contribution in [1.82, 2.24) is 0 Å². The molecule has 5 nitrogen and oxygen atoms in total. The quantitative estimate of drug-likeness (QED) is 0.665. The summed E-state index contributed by atoms with van der Waals surface area (Å²) in [6.07, 6.45) is 7.25. The molecule has 0 aromatic carbocycles.